The third kappa shape index (κ3) is 4.43. The summed E-state index contributed by atoms with van der Waals surface area (Å²) < 4.78 is 5.60. The highest BCUT2D eigenvalue weighted by Gasteiger charge is 2.30. The maximum absolute atomic E-state index is 12.3. The maximum atomic E-state index is 12.3. The third-order valence-corrected chi connectivity index (χ3v) is 3.71. The first-order valence-electron chi connectivity index (χ1n) is 7.62. The minimum absolute atomic E-state index is 0.0247. The van der Waals surface area contributed by atoms with Crippen molar-refractivity contribution in [3.63, 3.8) is 0 Å². The van der Waals surface area contributed by atoms with Gasteiger partial charge in [0.25, 0.3) is 5.91 Å². The summed E-state index contributed by atoms with van der Waals surface area (Å²) in [5, 5.41) is 13.2. The average molecular weight is 292 g/mol. The van der Waals surface area contributed by atoms with Gasteiger partial charge < -0.3 is 15.2 Å². The molecule has 1 aromatic heterocycles. The summed E-state index contributed by atoms with van der Waals surface area (Å²) in [6.07, 6.45) is 6.20. The van der Waals surface area contributed by atoms with Gasteiger partial charge in [0.1, 0.15) is 0 Å². The molecular weight excluding hydrogens is 268 g/mol. The lowest BCUT2D eigenvalue weighted by Gasteiger charge is -2.32. The molecule has 0 spiro atoms. The number of ether oxygens (including phenoxy) is 1. The number of amides is 1. The molecule has 0 aromatic carbocycles. The molecule has 1 aliphatic carbocycles. The molecule has 0 atom stereocenters. The van der Waals surface area contributed by atoms with Crippen LogP contribution >= 0.6 is 0 Å². The Morgan fingerprint density at radius 2 is 2.14 bits per heavy atom. The van der Waals surface area contributed by atoms with Crippen molar-refractivity contribution >= 4 is 5.91 Å². The van der Waals surface area contributed by atoms with Gasteiger partial charge in [0.05, 0.1) is 11.7 Å². The zero-order chi connectivity index (χ0) is 15.3. The summed E-state index contributed by atoms with van der Waals surface area (Å²) in [4.78, 5) is 16.4. The zero-order valence-corrected chi connectivity index (χ0v) is 12.8. The van der Waals surface area contributed by atoms with Crippen LogP contribution in [0.5, 0.6) is 5.75 Å². The number of pyridine rings is 1. The highest BCUT2D eigenvalue weighted by molar-refractivity contribution is 5.94. The first kappa shape index (κ1) is 15.8. The molecule has 0 unspecified atom stereocenters. The summed E-state index contributed by atoms with van der Waals surface area (Å²) in [5.41, 5.74) is -0.507. The van der Waals surface area contributed by atoms with Gasteiger partial charge in [0, 0.05) is 12.7 Å². The van der Waals surface area contributed by atoms with Crippen LogP contribution in [0.2, 0.25) is 0 Å². The van der Waals surface area contributed by atoms with E-state index >= 15 is 0 Å². The quantitative estimate of drug-likeness (QED) is 0.873. The molecule has 1 aliphatic rings. The van der Waals surface area contributed by atoms with Crippen LogP contribution in [0.1, 0.15) is 56.4 Å². The van der Waals surface area contributed by atoms with E-state index in [-0.39, 0.29) is 24.2 Å². The molecule has 2 rings (SSSR count). The van der Waals surface area contributed by atoms with E-state index in [1.807, 2.05) is 13.8 Å². The molecule has 0 radical (unpaired) electrons. The molecule has 2 N–H and O–H groups in total. The molecule has 21 heavy (non-hydrogen) atoms. The van der Waals surface area contributed by atoms with E-state index in [2.05, 4.69) is 10.3 Å². The van der Waals surface area contributed by atoms with Crippen molar-refractivity contribution in [2.45, 2.75) is 57.7 Å². The first-order valence-corrected chi connectivity index (χ1v) is 7.62. The Morgan fingerprint density at radius 3 is 2.81 bits per heavy atom. The highest BCUT2D eigenvalue weighted by Crippen LogP contribution is 2.27. The maximum Gasteiger partial charge on any atom is 0.273 e. The Bertz CT molecular complexity index is 482. The second-order valence-corrected chi connectivity index (χ2v) is 5.98. The number of carbonyl (C=O) groups excluding carboxylic acids is 1. The number of rotatable bonds is 5. The van der Waals surface area contributed by atoms with Crippen LogP contribution in [0.15, 0.2) is 18.3 Å². The minimum atomic E-state index is -0.776. The van der Waals surface area contributed by atoms with Crippen LogP contribution in [-0.4, -0.2) is 34.2 Å². The fourth-order valence-corrected chi connectivity index (χ4v) is 2.63. The number of hydrogen-bond donors (Lipinski definition) is 2. The molecule has 1 saturated carbocycles. The van der Waals surface area contributed by atoms with E-state index < -0.39 is 5.60 Å². The number of aromatic nitrogens is 1. The van der Waals surface area contributed by atoms with E-state index in [4.69, 9.17) is 4.74 Å². The Kier molecular flexibility index (Phi) is 5.17. The second kappa shape index (κ2) is 6.89. The van der Waals surface area contributed by atoms with E-state index in [1.165, 1.54) is 0 Å². The highest BCUT2D eigenvalue weighted by atomic mass is 16.5. The smallest absolute Gasteiger partial charge is 0.273 e. The van der Waals surface area contributed by atoms with Crippen LogP contribution in [0, 0.1) is 0 Å². The fourth-order valence-electron chi connectivity index (χ4n) is 2.63. The number of hydrogen-bond acceptors (Lipinski definition) is 4. The van der Waals surface area contributed by atoms with Gasteiger partial charge in [0.2, 0.25) is 0 Å². The topological polar surface area (TPSA) is 71.5 Å². The predicted molar refractivity (Wildman–Crippen MR) is 80.4 cm³/mol. The van der Waals surface area contributed by atoms with Gasteiger partial charge in [0.15, 0.2) is 11.4 Å². The number of nitrogens with one attached hydrogen (secondary N) is 1. The lowest BCUT2D eigenvalue weighted by atomic mass is 9.85. The summed E-state index contributed by atoms with van der Waals surface area (Å²) in [6.45, 7) is 4.07. The van der Waals surface area contributed by atoms with Crippen molar-refractivity contribution in [1.82, 2.24) is 10.3 Å². The van der Waals surface area contributed by atoms with Crippen LogP contribution in [0.3, 0.4) is 0 Å². The van der Waals surface area contributed by atoms with Crippen molar-refractivity contribution in [2.24, 2.45) is 0 Å². The molecular formula is C16H24N2O3. The molecule has 1 aromatic rings. The number of nitrogens with zero attached hydrogens (tertiary/aromatic N) is 1. The normalized spacial score (nSPS) is 17.5. The van der Waals surface area contributed by atoms with E-state index in [9.17, 15) is 9.90 Å². The summed E-state index contributed by atoms with van der Waals surface area (Å²) in [7, 11) is 0. The van der Waals surface area contributed by atoms with Crippen molar-refractivity contribution in [3.8, 4) is 5.75 Å². The molecule has 1 heterocycles. The molecule has 0 aliphatic heterocycles. The summed E-state index contributed by atoms with van der Waals surface area (Å²) in [6, 6.07) is 3.47. The standard InChI is InChI=1S/C16H24N2O3/c1-12(2)21-13-7-6-10-17-14(13)15(19)18-11-16(20)8-4-3-5-9-16/h6-7,10,12,20H,3-5,8-9,11H2,1-2H3,(H,18,19). The Labute approximate surface area is 125 Å². The van der Waals surface area contributed by atoms with Gasteiger partial charge in [-0.15, -0.1) is 0 Å². The number of carbonyl (C=O) groups is 1. The monoisotopic (exact) mass is 292 g/mol. The van der Waals surface area contributed by atoms with E-state index in [0.717, 1.165) is 32.1 Å². The Balaban J connectivity index is 2.00. The van der Waals surface area contributed by atoms with Crippen molar-refractivity contribution in [1.29, 1.82) is 0 Å². The SMILES string of the molecule is CC(C)Oc1cccnc1C(=O)NCC1(O)CCCCC1. The van der Waals surface area contributed by atoms with Crippen LogP contribution in [0.25, 0.3) is 0 Å². The van der Waals surface area contributed by atoms with Gasteiger partial charge in [-0.3, -0.25) is 4.79 Å². The zero-order valence-electron chi connectivity index (χ0n) is 12.8. The largest absolute Gasteiger partial charge is 0.489 e. The Hall–Kier alpha value is -1.62. The molecule has 0 saturated heterocycles. The predicted octanol–water partition coefficient (Wildman–Crippen LogP) is 2.29. The average Bonchev–Trinajstić information content (AvgIpc) is 2.46. The van der Waals surface area contributed by atoms with Gasteiger partial charge in [-0.25, -0.2) is 4.98 Å². The molecule has 5 nitrogen and oxygen atoms in total. The Morgan fingerprint density at radius 1 is 1.43 bits per heavy atom. The molecule has 1 amide bonds. The summed E-state index contributed by atoms with van der Waals surface area (Å²) >= 11 is 0. The van der Waals surface area contributed by atoms with Gasteiger partial charge in [-0.05, 0) is 38.8 Å². The van der Waals surface area contributed by atoms with Gasteiger partial charge in [-0.1, -0.05) is 19.3 Å². The van der Waals surface area contributed by atoms with Crippen molar-refractivity contribution in [2.75, 3.05) is 6.54 Å². The van der Waals surface area contributed by atoms with E-state index in [0.29, 0.717) is 5.75 Å². The molecule has 1 fully saturated rings. The van der Waals surface area contributed by atoms with Crippen LogP contribution in [-0.2, 0) is 0 Å². The molecule has 116 valence electrons. The number of aliphatic hydroxyl groups is 1. The first-order chi connectivity index (χ1) is 10.0. The van der Waals surface area contributed by atoms with Crippen molar-refractivity contribution < 1.29 is 14.6 Å². The lowest BCUT2D eigenvalue weighted by molar-refractivity contribution is 0.00516. The molecule has 0 bridgehead atoms. The van der Waals surface area contributed by atoms with Crippen LogP contribution in [0.4, 0.5) is 0 Å². The fraction of sp³-hybridized carbons (Fsp3) is 0.625. The van der Waals surface area contributed by atoms with Crippen molar-refractivity contribution in [3.05, 3.63) is 24.0 Å². The van der Waals surface area contributed by atoms with E-state index in [1.54, 1.807) is 18.3 Å². The minimum Gasteiger partial charge on any atom is -0.489 e. The summed E-state index contributed by atoms with van der Waals surface area (Å²) in [5.74, 6) is 0.172. The van der Waals surface area contributed by atoms with Gasteiger partial charge >= 0.3 is 0 Å². The van der Waals surface area contributed by atoms with Crippen LogP contribution < -0.4 is 10.1 Å². The second-order valence-electron chi connectivity index (χ2n) is 5.98. The third-order valence-electron chi connectivity index (χ3n) is 3.71. The van der Waals surface area contributed by atoms with Gasteiger partial charge in [-0.2, -0.15) is 0 Å². The lowest BCUT2D eigenvalue weighted by Crippen LogP contribution is -2.44. The molecule has 5 heteroatoms.